The van der Waals surface area contributed by atoms with Crippen LogP contribution in [0.1, 0.15) is 31.4 Å². The number of nitrogens with zero attached hydrogens (tertiary/aromatic N) is 2. The molecule has 1 aromatic carbocycles. The van der Waals surface area contributed by atoms with E-state index in [9.17, 15) is 0 Å². The van der Waals surface area contributed by atoms with E-state index in [4.69, 9.17) is 0 Å². The van der Waals surface area contributed by atoms with Gasteiger partial charge in [0.1, 0.15) is 0 Å². The molecule has 1 N–H and O–H groups in total. The Morgan fingerprint density at radius 2 is 1.70 bits per heavy atom. The van der Waals surface area contributed by atoms with Gasteiger partial charge in [-0.1, -0.05) is 19.1 Å². The summed E-state index contributed by atoms with van der Waals surface area (Å²) in [5.74, 6) is 0.830. The van der Waals surface area contributed by atoms with Crippen molar-refractivity contribution in [2.24, 2.45) is 5.92 Å². The zero-order chi connectivity index (χ0) is 13.9. The normalized spacial score (nSPS) is 28.6. The molecule has 2 atom stereocenters. The van der Waals surface area contributed by atoms with Gasteiger partial charge < -0.3 is 15.1 Å². The van der Waals surface area contributed by atoms with Crippen LogP contribution in [0.3, 0.4) is 0 Å². The SMILES string of the molecule is C[C@@H]1CC[C@@H](c2ccc(N3CCN(C)CC3)cc2)NC1. The minimum Gasteiger partial charge on any atom is -0.369 e. The first-order valence-corrected chi connectivity index (χ1v) is 7.99. The van der Waals surface area contributed by atoms with Crippen molar-refractivity contribution in [3.8, 4) is 0 Å². The second kappa shape index (κ2) is 6.15. The fraction of sp³-hybridized carbons (Fsp3) is 0.647. The lowest BCUT2D eigenvalue weighted by Crippen LogP contribution is -2.44. The highest BCUT2D eigenvalue weighted by molar-refractivity contribution is 5.48. The van der Waals surface area contributed by atoms with Crippen molar-refractivity contribution in [1.82, 2.24) is 10.2 Å². The van der Waals surface area contributed by atoms with Crippen LogP contribution in [0.2, 0.25) is 0 Å². The van der Waals surface area contributed by atoms with Crippen molar-refractivity contribution < 1.29 is 0 Å². The summed E-state index contributed by atoms with van der Waals surface area (Å²) < 4.78 is 0. The Morgan fingerprint density at radius 1 is 1.00 bits per heavy atom. The third-order valence-electron chi connectivity index (χ3n) is 4.82. The molecule has 0 aliphatic carbocycles. The van der Waals surface area contributed by atoms with Crippen LogP contribution in [-0.2, 0) is 0 Å². The lowest BCUT2D eigenvalue weighted by molar-refractivity contribution is 0.313. The first-order chi connectivity index (χ1) is 9.72. The standard InChI is InChI=1S/C17H27N3/c1-14-3-8-17(18-13-14)15-4-6-16(7-5-15)20-11-9-19(2)10-12-20/h4-7,14,17-18H,3,8-13H2,1-2H3/t14-,17+/m1/s1. The molecule has 2 heterocycles. The third kappa shape index (κ3) is 3.15. The van der Waals surface area contributed by atoms with Crippen molar-refractivity contribution in [2.75, 3.05) is 44.7 Å². The molecule has 20 heavy (non-hydrogen) atoms. The van der Waals surface area contributed by atoms with Gasteiger partial charge in [0.2, 0.25) is 0 Å². The monoisotopic (exact) mass is 273 g/mol. The second-order valence-electron chi connectivity index (χ2n) is 6.53. The molecule has 1 aromatic rings. The fourth-order valence-electron chi connectivity index (χ4n) is 3.27. The largest absolute Gasteiger partial charge is 0.369 e. The number of piperazine rings is 1. The topological polar surface area (TPSA) is 18.5 Å². The van der Waals surface area contributed by atoms with Crippen molar-refractivity contribution in [3.63, 3.8) is 0 Å². The number of nitrogens with one attached hydrogen (secondary N) is 1. The van der Waals surface area contributed by atoms with E-state index in [1.807, 2.05) is 0 Å². The van der Waals surface area contributed by atoms with Gasteiger partial charge in [-0.3, -0.25) is 0 Å². The maximum Gasteiger partial charge on any atom is 0.0367 e. The molecule has 3 heteroatoms. The number of hydrogen-bond acceptors (Lipinski definition) is 3. The molecule has 3 nitrogen and oxygen atoms in total. The molecule has 110 valence electrons. The van der Waals surface area contributed by atoms with Gasteiger partial charge in [-0.2, -0.15) is 0 Å². The van der Waals surface area contributed by atoms with Crippen LogP contribution in [0.5, 0.6) is 0 Å². The number of piperidine rings is 1. The zero-order valence-corrected chi connectivity index (χ0v) is 12.8. The van der Waals surface area contributed by atoms with Crippen LogP contribution in [0.4, 0.5) is 5.69 Å². The van der Waals surface area contributed by atoms with Gasteiger partial charge in [0.15, 0.2) is 0 Å². The summed E-state index contributed by atoms with van der Waals surface area (Å²) >= 11 is 0. The van der Waals surface area contributed by atoms with Gasteiger partial charge in [-0.05, 0) is 50.0 Å². The van der Waals surface area contributed by atoms with E-state index < -0.39 is 0 Å². The molecular weight excluding hydrogens is 246 g/mol. The molecule has 0 amide bonds. The van der Waals surface area contributed by atoms with Crippen LogP contribution in [0.25, 0.3) is 0 Å². The maximum atomic E-state index is 3.67. The summed E-state index contributed by atoms with van der Waals surface area (Å²) in [6.45, 7) is 8.13. The van der Waals surface area contributed by atoms with E-state index in [0.717, 1.165) is 25.6 Å². The van der Waals surface area contributed by atoms with Crippen molar-refractivity contribution in [2.45, 2.75) is 25.8 Å². The molecule has 0 unspecified atom stereocenters. The summed E-state index contributed by atoms with van der Waals surface area (Å²) in [5.41, 5.74) is 2.83. The molecule has 0 radical (unpaired) electrons. The average molecular weight is 273 g/mol. The fourth-order valence-corrected chi connectivity index (χ4v) is 3.27. The molecule has 0 aromatic heterocycles. The van der Waals surface area contributed by atoms with Crippen LogP contribution in [-0.4, -0.2) is 44.7 Å². The summed E-state index contributed by atoms with van der Waals surface area (Å²) in [6, 6.07) is 9.82. The first kappa shape index (κ1) is 13.9. The lowest BCUT2D eigenvalue weighted by atomic mass is 9.92. The molecule has 0 saturated carbocycles. The Labute approximate surface area is 123 Å². The molecular formula is C17H27N3. The van der Waals surface area contributed by atoms with Crippen LogP contribution >= 0.6 is 0 Å². The number of rotatable bonds is 2. The number of likely N-dealkylation sites (N-methyl/N-ethyl adjacent to an activating group) is 1. The molecule has 2 fully saturated rings. The zero-order valence-electron chi connectivity index (χ0n) is 12.8. The van der Waals surface area contributed by atoms with E-state index in [2.05, 4.69) is 53.4 Å². The Hall–Kier alpha value is -1.06. The summed E-state index contributed by atoms with van der Waals surface area (Å²) in [6.07, 6.45) is 2.62. The van der Waals surface area contributed by atoms with Crippen molar-refractivity contribution in [3.05, 3.63) is 29.8 Å². The van der Waals surface area contributed by atoms with E-state index in [0.29, 0.717) is 6.04 Å². The third-order valence-corrected chi connectivity index (χ3v) is 4.82. The molecule has 0 spiro atoms. The minimum atomic E-state index is 0.563. The Kier molecular flexibility index (Phi) is 4.27. The smallest absolute Gasteiger partial charge is 0.0367 e. The average Bonchev–Trinajstić information content (AvgIpc) is 2.49. The molecule has 0 bridgehead atoms. The first-order valence-electron chi connectivity index (χ1n) is 7.99. The predicted molar refractivity (Wildman–Crippen MR) is 85.3 cm³/mol. The van der Waals surface area contributed by atoms with E-state index in [1.54, 1.807) is 0 Å². The summed E-state index contributed by atoms with van der Waals surface area (Å²) in [5, 5.41) is 3.67. The molecule has 2 aliphatic heterocycles. The van der Waals surface area contributed by atoms with Crippen molar-refractivity contribution in [1.29, 1.82) is 0 Å². The van der Waals surface area contributed by atoms with E-state index in [1.165, 1.54) is 37.2 Å². The predicted octanol–water partition coefficient (Wildman–Crippen LogP) is 2.50. The Morgan fingerprint density at radius 3 is 2.30 bits per heavy atom. The van der Waals surface area contributed by atoms with Gasteiger partial charge in [0, 0.05) is 37.9 Å². The lowest BCUT2D eigenvalue weighted by Gasteiger charge is -2.34. The minimum absolute atomic E-state index is 0.563. The van der Waals surface area contributed by atoms with Gasteiger partial charge >= 0.3 is 0 Å². The van der Waals surface area contributed by atoms with Crippen LogP contribution < -0.4 is 10.2 Å². The van der Waals surface area contributed by atoms with Crippen molar-refractivity contribution >= 4 is 5.69 Å². The van der Waals surface area contributed by atoms with Gasteiger partial charge in [-0.15, -0.1) is 0 Å². The summed E-state index contributed by atoms with van der Waals surface area (Å²) in [7, 11) is 2.20. The number of anilines is 1. The number of hydrogen-bond donors (Lipinski definition) is 1. The quantitative estimate of drug-likeness (QED) is 0.893. The van der Waals surface area contributed by atoms with Gasteiger partial charge in [-0.25, -0.2) is 0 Å². The maximum absolute atomic E-state index is 3.67. The van der Waals surface area contributed by atoms with E-state index in [-0.39, 0.29) is 0 Å². The highest BCUT2D eigenvalue weighted by atomic mass is 15.2. The van der Waals surface area contributed by atoms with Gasteiger partial charge in [0.05, 0.1) is 0 Å². The Bertz CT molecular complexity index is 371. The molecule has 2 aliphatic rings. The second-order valence-corrected chi connectivity index (χ2v) is 6.53. The Balaban J connectivity index is 1.62. The number of benzene rings is 1. The molecule has 3 rings (SSSR count). The van der Waals surface area contributed by atoms with Crippen LogP contribution in [0, 0.1) is 5.92 Å². The highest BCUT2D eigenvalue weighted by Crippen LogP contribution is 2.27. The highest BCUT2D eigenvalue weighted by Gasteiger charge is 2.19. The van der Waals surface area contributed by atoms with Crippen LogP contribution in [0.15, 0.2) is 24.3 Å². The van der Waals surface area contributed by atoms with E-state index >= 15 is 0 Å². The molecule has 2 saturated heterocycles. The van der Waals surface area contributed by atoms with Gasteiger partial charge in [0.25, 0.3) is 0 Å². The summed E-state index contributed by atoms with van der Waals surface area (Å²) in [4.78, 5) is 4.90.